The first-order chi connectivity index (χ1) is 24.2. The van der Waals surface area contributed by atoms with Crippen LogP contribution in [-0.2, 0) is 56.7 Å². The van der Waals surface area contributed by atoms with E-state index >= 15 is 0 Å². The molecule has 0 bridgehead atoms. The number of nitrogens with zero attached hydrogens (tertiary/aromatic N) is 1. The van der Waals surface area contributed by atoms with E-state index in [0.717, 1.165) is 32.6 Å². The second kappa shape index (κ2) is 18.2. The molecule has 1 aliphatic heterocycles. The van der Waals surface area contributed by atoms with Gasteiger partial charge < -0.3 is 28.9 Å². The number of ether oxygens (including phenoxy) is 5. The summed E-state index contributed by atoms with van der Waals surface area (Å²) in [5.41, 5.74) is 5.00. The Morgan fingerprint density at radius 3 is 1.35 bits per heavy atom. The Bertz CT molecular complexity index is 1670. The minimum Gasteiger partial charge on any atom is -0.624 e. The lowest BCUT2D eigenvalue weighted by Gasteiger charge is -2.44. The number of hydrogen-bond acceptors (Lipinski definition) is 6. The van der Waals surface area contributed by atoms with Crippen LogP contribution in [-0.4, -0.2) is 48.1 Å². The maximum atomic E-state index is 13.5. The van der Waals surface area contributed by atoms with Crippen molar-refractivity contribution in [3.05, 3.63) is 185 Å². The van der Waals surface area contributed by atoms with Crippen LogP contribution in [0.2, 0.25) is 0 Å². The molecule has 1 aliphatic rings. The highest BCUT2D eigenvalue weighted by molar-refractivity contribution is 5.59. The van der Waals surface area contributed by atoms with Crippen molar-refractivity contribution in [1.29, 1.82) is 0 Å². The number of hydrogen-bond donors (Lipinski definition) is 0. The van der Waals surface area contributed by atoms with Crippen LogP contribution in [0, 0.1) is 5.21 Å². The van der Waals surface area contributed by atoms with Crippen LogP contribution in [0.15, 0.2) is 152 Å². The summed E-state index contributed by atoms with van der Waals surface area (Å²) < 4.78 is 34.1. The third kappa shape index (κ3) is 10.4. The third-order valence-corrected chi connectivity index (χ3v) is 8.41. The lowest BCUT2D eigenvalue weighted by Crippen LogP contribution is -2.62. The van der Waals surface area contributed by atoms with Gasteiger partial charge in [-0.1, -0.05) is 152 Å². The average molecular weight is 658 g/mol. The normalized spacial score (nSPS) is 21.0. The number of hydroxylamine groups is 1. The van der Waals surface area contributed by atoms with Crippen LogP contribution in [0.4, 0.5) is 0 Å². The molecular formula is C42H43NO6. The van der Waals surface area contributed by atoms with Crippen molar-refractivity contribution < 1.29 is 28.4 Å². The molecule has 6 rings (SSSR count). The maximum Gasteiger partial charge on any atom is 0.183 e. The largest absolute Gasteiger partial charge is 0.624 e. The summed E-state index contributed by atoms with van der Waals surface area (Å²) in [7, 11) is 0. The molecule has 1 heterocycles. The lowest BCUT2D eigenvalue weighted by molar-refractivity contribution is -0.474. The minimum absolute atomic E-state index is 0.171. The van der Waals surface area contributed by atoms with E-state index in [9.17, 15) is 5.21 Å². The zero-order valence-electron chi connectivity index (χ0n) is 27.5. The highest BCUT2D eigenvalue weighted by Crippen LogP contribution is 2.31. The first kappa shape index (κ1) is 34.2. The van der Waals surface area contributed by atoms with Crippen LogP contribution in [0.1, 0.15) is 27.8 Å². The molecule has 0 spiro atoms. The van der Waals surface area contributed by atoms with Gasteiger partial charge in [-0.3, -0.25) is 0 Å². The van der Waals surface area contributed by atoms with Crippen LogP contribution in [0.3, 0.4) is 0 Å². The molecule has 7 nitrogen and oxygen atoms in total. The van der Waals surface area contributed by atoms with Gasteiger partial charge in [-0.25, -0.2) is 4.74 Å². The lowest BCUT2D eigenvalue weighted by atomic mass is 9.94. The third-order valence-electron chi connectivity index (χ3n) is 8.41. The Kier molecular flexibility index (Phi) is 12.7. The Morgan fingerprint density at radius 2 is 0.878 bits per heavy atom. The van der Waals surface area contributed by atoms with Crippen molar-refractivity contribution in [2.45, 2.75) is 63.5 Å². The first-order valence-corrected chi connectivity index (χ1v) is 16.8. The minimum atomic E-state index is -0.743. The van der Waals surface area contributed by atoms with E-state index in [0.29, 0.717) is 26.4 Å². The topological polar surface area (TPSA) is 72.2 Å². The van der Waals surface area contributed by atoms with Crippen molar-refractivity contribution in [3.8, 4) is 0 Å². The first-order valence-electron chi connectivity index (χ1n) is 16.8. The Morgan fingerprint density at radius 1 is 0.490 bits per heavy atom. The number of benzene rings is 5. The molecule has 1 saturated heterocycles. The molecule has 0 aromatic heterocycles. The highest BCUT2D eigenvalue weighted by atomic mass is 16.6. The predicted octanol–water partition coefficient (Wildman–Crippen LogP) is 7.51. The SMILES string of the molecule is [O-]/[N+](=C\C1O[C@H](COCc2ccccc2)[C@H](OCc2ccccc2)[C@H](OCc2ccccc2)[C@H]1OCc1ccccc1)Cc1ccccc1. The summed E-state index contributed by atoms with van der Waals surface area (Å²) in [4.78, 5) is 0. The molecule has 0 radical (unpaired) electrons. The van der Waals surface area contributed by atoms with Gasteiger partial charge in [0.25, 0.3) is 0 Å². The van der Waals surface area contributed by atoms with Gasteiger partial charge in [0, 0.05) is 5.56 Å². The van der Waals surface area contributed by atoms with Gasteiger partial charge in [-0.2, -0.15) is 0 Å². The second-order valence-corrected chi connectivity index (χ2v) is 12.1. The zero-order valence-corrected chi connectivity index (χ0v) is 27.5. The van der Waals surface area contributed by atoms with Gasteiger partial charge in [0.15, 0.2) is 18.9 Å². The van der Waals surface area contributed by atoms with Crippen molar-refractivity contribution in [2.24, 2.45) is 0 Å². The molecule has 0 saturated carbocycles. The van der Waals surface area contributed by atoms with E-state index in [-0.39, 0.29) is 13.2 Å². The molecular weight excluding hydrogens is 614 g/mol. The van der Waals surface area contributed by atoms with Crippen molar-refractivity contribution >= 4 is 6.21 Å². The molecule has 7 heteroatoms. The monoisotopic (exact) mass is 657 g/mol. The van der Waals surface area contributed by atoms with E-state index < -0.39 is 30.5 Å². The highest BCUT2D eigenvalue weighted by Gasteiger charge is 2.49. The summed E-state index contributed by atoms with van der Waals surface area (Å²) in [5.74, 6) is 0. The summed E-state index contributed by atoms with van der Waals surface area (Å²) in [6.45, 7) is 1.79. The average Bonchev–Trinajstić information content (AvgIpc) is 3.15. The van der Waals surface area contributed by atoms with Gasteiger partial charge in [-0.15, -0.1) is 0 Å². The van der Waals surface area contributed by atoms with Crippen molar-refractivity contribution in [1.82, 2.24) is 0 Å². The van der Waals surface area contributed by atoms with E-state index in [4.69, 9.17) is 23.7 Å². The maximum absolute atomic E-state index is 13.5. The molecule has 1 unspecified atom stereocenters. The summed E-state index contributed by atoms with van der Waals surface area (Å²) in [5, 5.41) is 13.5. The molecule has 0 aliphatic carbocycles. The van der Waals surface area contributed by atoms with Crippen LogP contribution < -0.4 is 0 Å². The van der Waals surface area contributed by atoms with Gasteiger partial charge in [0.2, 0.25) is 0 Å². The molecule has 0 amide bonds. The van der Waals surface area contributed by atoms with Crippen molar-refractivity contribution in [2.75, 3.05) is 6.61 Å². The van der Waals surface area contributed by atoms with Gasteiger partial charge in [-0.05, 0) is 22.3 Å². The molecule has 252 valence electrons. The van der Waals surface area contributed by atoms with Gasteiger partial charge in [0.1, 0.15) is 24.4 Å². The van der Waals surface area contributed by atoms with Crippen LogP contribution in [0.25, 0.3) is 0 Å². The van der Waals surface area contributed by atoms with E-state index in [1.807, 2.05) is 152 Å². The fraction of sp³-hybridized carbons (Fsp3) is 0.262. The van der Waals surface area contributed by atoms with E-state index in [2.05, 4.69) is 0 Å². The van der Waals surface area contributed by atoms with E-state index in [1.54, 1.807) is 6.21 Å². The Hall–Kier alpha value is -4.63. The Labute approximate surface area is 288 Å². The van der Waals surface area contributed by atoms with Crippen LogP contribution >= 0.6 is 0 Å². The predicted molar refractivity (Wildman–Crippen MR) is 190 cm³/mol. The van der Waals surface area contributed by atoms with E-state index in [1.165, 1.54) is 0 Å². The van der Waals surface area contributed by atoms with Crippen LogP contribution in [0.5, 0.6) is 0 Å². The standard InChI is InChI=1S/C42H43NO6/c44-43(26-33-16-6-1-7-17-33)27-38-40(46-29-35-20-10-3-11-21-35)42(48-31-37-24-14-5-15-25-37)41(47-30-36-22-12-4-13-23-36)39(49-38)32-45-28-34-18-8-2-9-19-34/h1-25,27,38-42H,26,28-32H2/b43-27-/t38?,39-,40+,41+,42-/m1/s1. The second-order valence-electron chi connectivity index (χ2n) is 12.1. The molecule has 5 aromatic carbocycles. The van der Waals surface area contributed by atoms with Gasteiger partial charge in [0.05, 0.1) is 33.0 Å². The molecule has 0 N–H and O–H groups in total. The summed E-state index contributed by atoms with van der Waals surface area (Å²) in [6.07, 6.45) is -1.57. The molecule has 1 fully saturated rings. The Balaban J connectivity index is 1.32. The number of rotatable bonds is 16. The molecule has 5 atom stereocenters. The van der Waals surface area contributed by atoms with Crippen molar-refractivity contribution in [3.63, 3.8) is 0 Å². The fourth-order valence-corrected chi connectivity index (χ4v) is 5.92. The smallest absolute Gasteiger partial charge is 0.183 e. The fourth-order valence-electron chi connectivity index (χ4n) is 5.92. The molecule has 49 heavy (non-hydrogen) atoms. The summed E-state index contributed by atoms with van der Waals surface area (Å²) >= 11 is 0. The molecule has 5 aromatic rings. The summed E-state index contributed by atoms with van der Waals surface area (Å²) in [6, 6.07) is 49.7. The zero-order chi connectivity index (χ0) is 33.5. The van der Waals surface area contributed by atoms with Gasteiger partial charge >= 0.3 is 0 Å². The quantitative estimate of drug-likeness (QED) is 0.0474.